The number of anilines is 2. The summed E-state index contributed by atoms with van der Waals surface area (Å²) in [6.07, 6.45) is -3.99. The third kappa shape index (κ3) is 9.11. The van der Waals surface area contributed by atoms with E-state index in [-0.39, 0.29) is 29.5 Å². The second-order valence-electron chi connectivity index (χ2n) is 8.05. The molecule has 3 rings (SSSR count). The molecule has 0 aliphatic rings. The summed E-state index contributed by atoms with van der Waals surface area (Å²) < 4.78 is 63.1. The summed E-state index contributed by atoms with van der Waals surface area (Å²) in [7, 11) is 0. The standard InChI is InChI=1S/C27H24F4N4O5/c1-2-39-23-12-17(10-11-22(23)40-16-26(38)34-21-9-4-3-8-20(21)28)15-32-35-25(37)14-24(36)33-19-7-5-6-18(13-19)27(29,30)31/h3-13,15H,2,14,16H2,1H3,(H,33,36)(H,34,38)(H,35,37). The summed E-state index contributed by atoms with van der Waals surface area (Å²) in [6, 6.07) is 14.3. The lowest BCUT2D eigenvalue weighted by atomic mass is 10.2. The minimum absolute atomic E-state index is 0.0166. The number of carbonyl (C=O) groups excluding carboxylic acids is 3. The Kier molecular flexibility index (Phi) is 10.2. The number of hydrogen-bond acceptors (Lipinski definition) is 6. The number of hydrazone groups is 1. The van der Waals surface area contributed by atoms with E-state index in [0.717, 1.165) is 18.2 Å². The van der Waals surface area contributed by atoms with Crippen LogP contribution in [0.2, 0.25) is 0 Å². The van der Waals surface area contributed by atoms with Gasteiger partial charge in [-0.1, -0.05) is 18.2 Å². The zero-order valence-corrected chi connectivity index (χ0v) is 21.0. The molecule has 0 saturated heterocycles. The molecule has 0 atom stereocenters. The fourth-order valence-corrected chi connectivity index (χ4v) is 3.23. The van der Waals surface area contributed by atoms with Crippen molar-refractivity contribution in [3.05, 3.63) is 83.7 Å². The van der Waals surface area contributed by atoms with E-state index in [1.165, 1.54) is 42.6 Å². The van der Waals surface area contributed by atoms with Crippen LogP contribution < -0.4 is 25.5 Å². The quantitative estimate of drug-likeness (QED) is 0.136. The highest BCUT2D eigenvalue weighted by Crippen LogP contribution is 2.31. The molecule has 9 nitrogen and oxygen atoms in total. The maximum absolute atomic E-state index is 13.7. The van der Waals surface area contributed by atoms with Gasteiger partial charge in [0.05, 0.1) is 24.1 Å². The molecule has 13 heteroatoms. The van der Waals surface area contributed by atoms with Gasteiger partial charge in [-0.25, -0.2) is 9.82 Å². The van der Waals surface area contributed by atoms with Crippen LogP contribution in [0.15, 0.2) is 71.8 Å². The molecule has 0 radical (unpaired) electrons. The van der Waals surface area contributed by atoms with Crippen molar-refractivity contribution in [1.82, 2.24) is 5.43 Å². The summed E-state index contributed by atoms with van der Waals surface area (Å²) in [6.45, 7) is 1.59. The maximum atomic E-state index is 13.7. The number of benzene rings is 3. The minimum atomic E-state index is -4.57. The molecule has 3 aromatic rings. The molecule has 3 amide bonds. The first-order valence-electron chi connectivity index (χ1n) is 11.8. The molecular weight excluding hydrogens is 536 g/mol. The van der Waals surface area contributed by atoms with E-state index in [1.807, 2.05) is 0 Å². The number of hydrogen-bond donors (Lipinski definition) is 3. The molecule has 0 unspecified atom stereocenters. The Hall–Kier alpha value is -4.94. The smallest absolute Gasteiger partial charge is 0.416 e. The zero-order valence-electron chi connectivity index (χ0n) is 21.0. The molecule has 0 fully saturated rings. The summed E-state index contributed by atoms with van der Waals surface area (Å²) in [5.41, 5.74) is 1.60. The Morgan fingerprint density at radius 2 is 1.65 bits per heavy atom. The fourth-order valence-electron chi connectivity index (χ4n) is 3.23. The Morgan fingerprint density at radius 1 is 0.875 bits per heavy atom. The molecule has 0 saturated carbocycles. The average Bonchev–Trinajstić information content (AvgIpc) is 2.89. The van der Waals surface area contributed by atoms with Gasteiger partial charge in [0, 0.05) is 5.69 Å². The molecule has 210 valence electrons. The number of nitrogens with one attached hydrogen (secondary N) is 3. The number of halogens is 4. The predicted molar refractivity (Wildman–Crippen MR) is 139 cm³/mol. The highest BCUT2D eigenvalue weighted by Gasteiger charge is 2.30. The van der Waals surface area contributed by atoms with Crippen LogP contribution in [0.5, 0.6) is 11.5 Å². The third-order valence-electron chi connectivity index (χ3n) is 4.97. The molecule has 3 N–H and O–H groups in total. The van der Waals surface area contributed by atoms with E-state index in [2.05, 4.69) is 21.2 Å². The van der Waals surface area contributed by atoms with E-state index in [4.69, 9.17) is 9.47 Å². The lowest BCUT2D eigenvalue weighted by Gasteiger charge is -2.13. The van der Waals surface area contributed by atoms with Crippen LogP contribution in [0, 0.1) is 5.82 Å². The van der Waals surface area contributed by atoms with Crippen molar-refractivity contribution in [3.8, 4) is 11.5 Å². The highest BCUT2D eigenvalue weighted by atomic mass is 19.4. The van der Waals surface area contributed by atoms with Gasteiger partial charge in [-0.3, -0.25) is 14.4 Å². The van der Waals surface area contributed by atoms with Crippen LogP contribution in [0.1, 0.15) is 24.5 Å². The van der Waals surface area contributed by atoms with Crippen LogP contribution in [-0.2, 0) is 20.6 Å². The van der Waals surface area contributed by atoms with Gasteiger partial charge in [0.25, 0.3) is 5.91 Å². The second-order valence-corrected chi connectivity index (χ2v) is 8.05. The molecule has 0 spiro atoms. The van der Waals surface area contributed by atoms with Gasteiger partial charge in [0.2, 0.25) is 11.8 Å². The van der Waals surface area contributed by atoms with Crippen LogP contribution in [0.25, 0.3) is 0 Å². The Balaban J connectivity index is 1.52. The molecule has 0 aliphatic heterocycles. The average molecular weight is 561 g/mol. The largest absolute Gasteiger partial charge is 0.490 e. The van der Waals surface area contributed by atoms with Crippen molar-refractivity contribution in [3.63, 3.8) is 0 Å². The van der Waals surface area contributed by atoms with Crippen molar-refractivity contribution in [1.29, 1.82) is 0 Å². The molecule has 0 bridgehead atoms. The summed E-state index contributed by atoms with van der Waals surface area (Å²) >= 11 is 0. The Morgan fingerprint density at radius 3 is 2.38 bits per heavy atom. The molecule has 0 aliphatic carbocycles. The van der Waals surface area contributed by atoms with Gasteiger partial charge in [0.1, 0.15) is 12.2 Å². The summed E-state index contributed by atoms with van der Waals surface area (Å²) in [5.74, 6) is -2.29. The SMILES string of the molecule is CCOc1cc(C=NNC(=O)CC(=O)Nc2cccc(C(F)(F)F)c2)ccc1OCC(=O)Nc1ccccc1F. The lowest BCUT2D eigenvalue weighted by molar-refractivity contribution is -0.137. The highest BCUT2D eigenvalue weighted by molar-refractivity contribution is 6.03. The fraction of sp³-hybridized carbons (Fsp3) is 0.185. The molecule has 3 aromatic carbocycles. The predicted octanol–water partition coefficient (Wildman–Crippen LogP) is 4.74. The van der Waals surface area contributed by atoms with Gasteiger partial charge >= 0.3 is 6.18 Å². The number of amides is 3. The Bertz CT molecular complexity index is 1400. The monoisotopic (exact) mass is 560 g/mol. The first kappa shape index (κ1) is 29.6. The lowest BCUT2D eigenvalue weighted by Crippen LogP contribution is -2.24. The van der Waals surface area contributed by atoms with Gasteiger partial charge in [-0.2, -0.15) is 18.3 Å². The van der Waals surface area contributed by atoms with E-state index in [9.17, 15) is 31.9 Å². The van der Waals surface area contributed by atoms with Crippen molar-refractivity contribution in [2.24, 2.45) is 5.10 Å². The summed E-state index contributed by atoms with van der Waals surface area (Å²) in [5, 5.41) is 8.39. The van der Waals surface area contributed by atoms with Gasteiger partial charge < -0.3 is 20.1 Å². The van der Waals surface area contributed by atoms with Crippen LogP contribution >= 0.6 is 0 Å². The van der Waals surface area contributed by atoms with Gasteiger partial charge in [-0.05, 0) is 61.0 Å². The number of rotatable bonds is 11. The van der Waals surface area contributed by atoms with Crippen LogP contribution in [-0.4, -0.2) is 37.1 Å². The molecule has 0 heterocycles. The first-order valence-corrected chi connectivity index (χ1v) is 11.8. The first-order chi connectivity index (χ1) is 19.0. The van der Waals surface area contributed by atoms with E-state index >= 15 is 0 Å². The second kappa shape index (κ2) is 13.7. The van der Waals surface area contributed by atoms with Crippen molar-refractivity contribution in [2.45, 2.75) is 19.5 Å². The zero-order chi connectivity index (χ0) is 29.1. The normalized spacial score (nSPS) is 11.1. The van der Waals surface area contributed by atoms with Crippen LogP contribution in [0.4, 0.5) is 28.9 Å². The van der Waals surface area contributed by atoms with Crippen molar-refractivity contribution in [2.75, 3.05) is 23.8 Å². The van der Waals surface area contributed by atoms with Crippen molar-refractivity contribution < 1.29 is 41.4 Å². The summed E-state index contributed by atoms with van der Waals surface area (Å²) in [4.78, 5) is 36.2. The van der Waals surface area contributed by atoms with E-state index in [0.29, 0.717) is 5.56 Å². The number of alkyl halides is 3. The van der Waals surface area contributed by atoms with Crippen molar-refractivity contribution >= 4 is 35.3 Å². The molecular formula is C27H24F4N4O5. The molecule has 0 aromatic heterocycles. The Labute approximate surface area is 226 Å². The maximum Gasteiger partial charge on any atom is 0.416 e. The third-order valence-corrected chi connectivity index (χ3v) is 4.97. The number of nitrogens with zero attached hydrogens (tertiary/aromatic N) is 1. The van der Waals surface area contributed by atoms with Crippen LogP contribution in [0.3, 0.4) is 0 Å². The van der Waals surface area contributed by atoms with E-state index < -0.39 is 48.3 Å². The number of ether oxygens (including phenoxy) is 2. The number of para-hydroxylation sites is 1. The van der Waals surface area contributed by atoms with Gasteiger partial charge in [-0.15, -0.1) is 0 Å². The van der Waals surface area contributed by atoms with E-state index in [1.54, 1.807) is 19.1 Å². The van der Waals surface area contributed by atoms with Gasteiger partial charge in [0.15, 0.2) is 18.1 Å². The minimum Gasteiger partial charge on any atom is -0.490 e. The topological polar surface area (TPSA) is 118 Å². The number of carbonyl (C=O) groups is 3. The molecule has 40 heavy (non-hydrogen) atoms.